The second-order valence-corrected chi connectivity index (χ2v) is 6.27. The number of carbonyl (C=O) groups excluding carboxylic acids is 1. The Hall–Kier alpha value is -2.55. The molecule has 0 saturated carbocycles. The Morgan fingerprint density at radius 1 is 1.08 bits per heavy atom. The quantitative estimate of drug-likeness (QED) is 0.545. The second-order valence-electron chi connectivity index (χ2n) is 6.27. The van der Waals surface area contributed by atoms with Crippen molar-refractivity contribution in [1.29, 1.82) is 0 Å². The summed E-state index contributed by atoms with van der Waals surface area (Å²) in [6.07, 6.45) is 5.76. The number of fused-ring (bicyclic) bond motifs is 1. The van der Waals surface area contributed by atoms with Crippen LogP contribution in [0.5, 0.6) is 11.5 Å². The van der Waals surface area contributed by atoms with Gasteiger partial charge in [0.2, 0.25) is 0 Å². The zero-order valence-corrected chi connectivity index (χ0v) is 14.9. The van der Waals surface area contributed by atoms with Gasteiger partial charge in [-0.15, -0.1) is 0 Å². The Balaban J connectivity index is 1.83. The fourth-order valence-electron chi connectivity index (χ4n) is 3.07. The highest BCUT2D eigenvalue weighted by atomic mass is 16.5. The van der Waals surface area contributed by atoms with Gasteiger partial charge in [0.15, 0.2) is 17.3 Å². The fourth-order valence-corrected chi connectivity index (χ4v) is 3.07. The number of benzene rings is 2. The minimum atomic E-state index is 0.129. The molecule has 0 bridgehead atoms. The van der Waals surface area contributed by atoms with Crippen LogP contribution < -0.4 is 9.47 Å². The largest absolute Gasteiger partial charge is 0.493 e. The number of Topliss-reactive ketones (excluding diaryl/α,β-unsaturated/α-hetero) is 1. The molecule has 130 valence electrons. The van der Waals surface area contributed by atoms with Gasteiger partial charge >= 0.3 is 0 Å². The minimum absolute atomic E-state index is 0.129. The minimum Gasteiger partial charge on any atom is -0.493 e. The van der Waals surface area contributed by atoms with Crippen LogP contribution in [-0.2, 0) is 6.42 Å². The third-order valence-electron chi connectivity index (χ3n) is 4.50. The molecule has 0 atom stereocenters. The van der Waals surface area contributed by atoms with E-state index in [9.17, 15) is 4.79 Å². The topological polar surface area (TPSA) is 35.5 Å². The maximum atomic E-state index is 12.7. The van der Waals surface area contributed by atoms with Gasteiger partial charge in [-0.1, -0.05) is 43.7 Å². The molecule has 0 spiro atoms. The van der Waals surface area contributed by atoms with E-state index in [1.165, 1.54) is 0 Å². The number of hydrogen-bond acceptors (Lipinski definition) is 3. The fraction of sp³-hybridized carbons (Fsp3) is 0.318. The molecule has 0 unspecified atom stereocenters. The summed E-state index contributed by atoms with van der Waals surface area (Å²) in [5.74, 6) is 1.58. The van der Waals surface area contributed by atoms with E-state index in [4.69, 9.17) is 9.47 Å². The van der Waals surface area contributed by atoms with Gasteiger partial charge in [0.05, 0.1) is 13.7 Å². The summed E-state index contributed by atoms with van der Waals surface area (Å²) in [5.41, 5.74) is 3.77. The molecule has 0 aliphatic heterocycles. The van der Waals surface area contributed by atoms with Crippen LogP contribution in [0.1, 0.15) is 47.7 Å². The summed E-state index contributed by atoms with van der Waals surface area (Å²) in [4.78, 5) is 12.7. The Kier molecular flexibility index (Phi) is 5.54. The van der Waals surface area contributed by atoms with Crippen LogP contribution in [0, 0.1) is 0 Å². The second kappa shape index (κ2) is 8.02. The molecule has 0 heterocycles. The van der Waals surface area contributed by atoms with Gasteiger partial charge in [-0.3, -0.25) is 4.79 Å². The van der Waals surface area contributed by atoms with Crippen LogP contribution in [0.15, 0.2) is 48.0 Å². The van der Waals surface area contributed by atoms with E-state index in [1.807, 2.05) is 48.5 Å². The number of rotatable bonds is 6. The molecule has 0 fully saturated rings. The zero-order chi connectivity index (χ0) is 17.6. The molecule has 1 aliphatic rings. The first kappa shape index (κ1) is 17.3. The lowest BCUT2D eigenvalue weighted by Crippen LogP contribution is -2.13. The normalized spacial score (nSPS) is 15.1. The van der Waals surface area contributed by atoms with Gasteiger partial charge < -0.3 is 9.47 Å². The van der Waals surface area contributed by atoms with Crippen LogP contribution in [0.4, 0.5) is 0 Å². The van der Waals surface area contributed by atoms with E-state index in [1.54, 1.807) is 7.11 Å². The molecule has 3 nitrogen and oxygen atoms in total. The van der Waals surface area contributed by atoms with Crippen molar-refractivity contribution in [3.63, 3.8) is 0 Å². The summed E-state index contributed by atoms with van der Waals surface area (Å²) >= 11 is 0. The smallest absolute Gasteiger partial charge is 0.189 e. The van der Waals surface area contributed by atoms with Crippen molar-refractivity contribution in [3.8, 4) is 11.5 Å². The van der Waals surface area contributed by atoms with E-state index in [0.717, 1.165) is 53.7 Å². The third kappa shape index (κ3) is 3.93. The van der Waals surface area contributed by atoms with Gasteiger partial charge in [0.25, 0.3) is 0 Å². The zero-order valence-electron chi connectivity index (χ0n) is 14.9. The number of allylic oxidation sites excluding steroid dienone is 1. The summed E-state index contributed by atoms with van der Waals surface area (Å²) in [7, 11) is 1.64. The summed E-state index contributed by atoms with van der Waals surface area (Å²) in [6.45, 7) is 2.82. The van der Waals surface area contributed by atoms with Crippen molar-refractivity contribution in [2.24, 2.45) is 0 Å². The van der Waals surface area contributed by atoms with Crippen molar-refractivity contribution in [2.45, 2.75) is 32.6 Å². The SMILES string of the molecule is CCCCOc1ccc(C=C2CCc3ccccc3C2=O)cc1OC. The number of unbranched alkanes of at least 4 members (excludes halogenated alkanes) is 1. The molecule has 0 N–H and O–H groups in total. The summed E-state index contributed by atoms with van der Waals surface area (Å²) in [5, 5.41) is 0. The summed E-state index contributed by atoms with van der Waals surface area (Å²) in [6, 6.07) is 13.7. The van der Waals surface area contributed by atoms with Gasteiger partial charge in [-0.05, 0) is 48.6 Å². The Morgan fingerprint density at radius 2 is 1.92 bits per heavy atom. The highest BCUT2D eigenvalue weighted by Gasteiger charge is 2.21. The lowest BCUT2D eigenvalue weighted by atomic mass is 9.86. The summed E-state index contributed by atoms with van der Waals surface area (Å²) < 4.78 is 11.2. The van der Waals surface area contributed by atoms with Crippen LogP contribution in [-0.4, -0.2) is 19.5 Å². The monoisotopic (exact) mass is 336 g/mol. The van der Waals surface area contributed by atoms with E-state index in [2.05, 4.69) is 6.92 Å². The molecule has 0 aromatic heterocycles. The van der Waals surface area contributed by atoms with E-state index in [0.29, 0.717) is 12.4 Å². The molecular formula is C22H24O3. The van der Waals surface area contributed by atoms with Crippen molar-refractivity contribution >= 4 is 11.9 Å². The highest BCUT2D eigenvalue weighted by Crippen LogP contribution is 2.31. The van der Waals surface area contributed by atoms with Crippen molar-refractivity contribution in [2.75, 3.05) is 13.7 Å². The van der Waals surface area contributed by atoms with Gasteiger partial charge in [-0.25, -0.2) is 0 Å². The highest BCUT2D eigenvalue weighted by molar-refractivity contribution is 6.13. The molecule has 25 heavy (non-hydrogen) atoms. The molecular weight excluding hydrogens is 312 g/mol. The number of hydrogen-bond donors (Lipinski definition) is 0. The molecule has 2 aromatic rings. The van der Waals surface area contributed by atoms with E-state index >= 15 is 0 Å². The lowest BCUT2D eigenvalue weighted by Gasteiger charge is -2.17. The maximum absolute atomic E-state index is 12.7. The predicted molar refractivity (Wildman–Crippen MR) is 100 cm³/mol. The molecule has 0 radical (unpaired) electrons. The number of ketones is 1. The van der Waals surface area contributed by atoms with Crippen molar-refractivity contribution in [3.05, 3.63) is 64.7 Å². The molecule has 3 rings (SSSR count). The third-order valence-corrected chi connectivity index (χ3v) is 4.50. The Labute approximate surface area is 149 Å². The van der Waals surface area contributed by atoms with E-state index in [-0.39, 0.29) is 5.78 Å². The van der Waals surface area contributed by atoms with Crippen LogP contribution in [0.2, 0.25) is 0 Å². The van der Waals surface area contributed by atoms with Gasteiger partial charge in [-0.2, -0.15) is 0 Å². The Morgan fingerprint density at radius 3 is 2.72 bits per heavy atom. The van der Waals surface area contributed by atoms with Gasteiger partial charge in [0, 0.05) is 11.1 Å². The van der Waals surface area contributed by atoms with Crippen molar-refractivity contribution < 1.29 is 14.3 Å². The first-order valence-corrected chi connectivity index (χ1v) is 8.87. The van der Waals surface area contributed by atoms with Crippen LogP contribution in [0.3, 0.4) is 0 Å². The number of methoxy groups -OCH3 is 1. The molecule has 0 saturated heterocycles. The van der Waals surface area contributed by atoms with E-state index < -0.39 is 0 Å². The lowest BCUT2D eigenvalue weighted by molar-refractivity contribution is 0.102. The molecule has 1 aliphatic carbocycles. The number of aryl methyl sites for hydroxylation is 1. The number of ether oxygens (including phenoxy) is 2. The van der Waals surface area contributed by atoms with Gasteiger partial charge in [0.1, 0.15) is 0 Å². The molecule has 2 aromatic carbocycles. The predicted octanol–water partition coefficient (Wildman–Crippen LogP) is 5.09. The first-order chi connectivity index (χ1) is 12.2. The Bertz CT molecular complexity index is 790. The maximum Gasteiger partial charge on any atom is 0.189 e. The van der Waals surface area contributed by atoms with Crippen molar-refractivity contribution in [1.82, 2.24) is 0 Å². The standard InChI is InChI=1S/C22H24O3/c1-3-4-13-25-20-12-9-16(15-21(20)24-2)14-18-11-10-17-7-5-6-8-19(17)22(18)23/h5-9,12,14-15H,3-4,10-11,13H2,1-2H3. The molecule has 3 heteroatoms. The van der Waals surface area contributed by atoms with Crippen LogP contribution in [0.25, 0.3) is 6.08 Å². The average Bonchev–Trinajstić information content (AvgIpc) is 2.65. The first-order valence-electron chi connectivity index (χ1n) is 8.87. The molecule has 0 amide bonds. The average molecular weight is 336 g/mol. The van der Waals surface area contributed by atoms with Crippen LogP contribution >= 0.6 is 0 Å². The number of carbonyl (C=O) groups is 1.